The van der Waals surface area contributed by atoms with E-state index in [-0.39, 0.29) is 18.2 Å². The van der Waals surface area contributed by atoms with Crippen molar-refractivity contribution >= 4 is 11.8 Å². The molecule has 1 aromatic heterocycles. The number of carbonyl (C=O) groups is 2. The van der Waals surface area contributed by atoms with Gasteiger partial charge in [0.1, 0.15) is 12.4 Å². The Hall–Kier alpha value is -3.55. The van der Waals surface area contributed by atoms with E-state index in [9.17, 15) is 9.59 Å². The van der Waals surface area contributed by atoms with Crippen molar-refractivity contribution < 1.29 is 9.59 Å². The van der Waals surface area contributed by atoms with Crippen molar-refractivity contribution in [3.05, 3.63) is 71.5 Å². The summed E-state index contributed by atoms with van der Waals surface area (Å²) in [5, 5.41) is 13.9. The molecule has 0 saturated carbocycles. The third kappa shape index (κ3) is 4.48. The number of likely N-dealkylation sites (tertiary alicyclic amines) is 1. The van der Waals surface area contributed by atoms with Crippen LogP contribution in [0.25, 0.3) is 5.69 Å². The van der Waals surface area contributed by atoms with Gasteiger partial charge in [0.05, 0.1) is 12.1 Å². The number of benzene rings is 2. The second-order valence-electron chi connectivity index (χ2n) is 7.25. The van der Waals surface area contributed by atoms with Crippen molar-refractivity contribution in [2.45, 2.75) is 32.4 Å². The molecular weight excluding hydrogens is 368 g/mol. The third-order valence-electron chi connectivity index (χ3n) is 5.04. The summed E-state index contributed by atoms with van der Waals surface area (Å²) in [5.74, 6) is -0.177. The van der Waals surface area contributed by atoms with Crippen molar-refractivity contribution in [1.82, 2.24) is 30.4 Å². The smallest absolute Gasteiger partial charge is 0.245 e. The molecule has 2 heterocycles. The Balaban J connectivity index is 1.30. The van der Waals surface area contributed by atoms with E-state index in [0.717, 1.165) is 16.8 Å². The number of aromatic nitrogens is 4. The summed E-state index contributed by atoms with van der Waals surface area (Å²) in [4.78, 5) is 26.8. The first-order valence-electron chi connectivity index (χ1n) is 9.54. The molecule has 2 amide bonds. The molecule has 3 aromatic rings. The van der Waals surface area contributed by atoms with Gasteiger partial charge in [-0.15, -0.1) is 5.10 Å². The molecule has 1 aliphatic rings. The van der Waals surface area contributed by atoms with Crippen molar-refractivity contribution in [2.24, 2.45) is 0 Å². The normalized spacial score (nSPS) is 16.2. The second kappa shape index (κ2) is 8.22. The van der Waals surface area contributed by atoms with E-state index in [0.29, 0.717) is 19.5 Å². The number of amides is 2. The first kappa shape index (κ1) is 18.8. The van der Waals surface area contributed by atoms with Gasteiger partial charge >= 0.3 is 0 Å². The molecule has 0 bridgehead atoms. The summed E-state index contributed by atoms with van der Waals surface area (Å²) in [5.41, 5.74) is 3.97. The van der Waals surface area contributed by atoms with E-state index in [4.69, 9.17) is 0 Å². The quantitative estimate of drug-likeness (QED) is 0.687. The van der Waals surface area contributed by atoms with Crippen molar-refractivity contribution in [3.63, 3.8) is 0 Å². The summed E-state index contributed by atoms with van der Waals surface area (Å²) < 4.78 is 1.55. The van der Waals surface area contributed by atoms with Crippen molar-refractivity contribution in [2.75, 3.05) is 6.54 Å². The maximum atomic E-state index is 12.6. The highest BCUT2D eigenvalue weighted by molar-refractivity contribution is 5.89. The SMILES string of the molecule is Cc1ccc(CN2CCC(NC(=O)Cc3ccc(-n4cnnn4)cc3)C2=O)cc1. The predicted octanol–water partition coefficient (Wildman–Crippen LogP) is 1.43. The average Bonchev–Trinajstić information content (AvgIpc) is 3.36. The molecule has 1 atom stereocenters. The van der Waals surface area contributed by atoms with Crippen LogP contribution in [0.4, 0.5) is 0 Å². The van der Waals surface area contributed by atoms with Gasteiger partial charge in [-0.1, -0.05) is 42.0 Å². The summed E-state index contributed by atoms with van der Waals surface area (Å²) in [7, 11) is 0. The van der Waals surface area contributed by atoms with Gasteiger partial charge in [-0.05, 0) is 47.0 Å². The largest absolute Gasteiger partial charge is 0.344 e. The van der Waals surface area contributed by atoms with Crippen LogP contribution >= 0.6 is 0 Å². The fraction of sp³-hybridized carbons (Fsp3) is 0.286. The van der Waals surface area contributed by atoms with Crippen LogP contribution in [0.15, 0.2) is 54.9 Å². The van der Waals surface area contributed by atoms with Crippen molar-refractivity contribution in [3.8, 4) is 5.69 Å². The molecule has 1 saturated heterocycles. The lowest BCUT2D eigenvalue weighted by atomic mass is 10.1. The van der Waals surface area contributed by atoms with E-state index in [2.05, 4.69) is 20.8 Å². The van der Waals surface area contributed by atoms with Crippen LogP contribution < -0.4 is 5.32 Å². The highest BCUT2D eigenvalue weighted by Crippen LogP contribution is 2.16. The van der Waals surface area contributed by atoms with E-state index in [1.54, 1.807) is 9.58 Å². The van der Waals surface area contributed by atoms with Crippen LogP contribution in [0.5, 0.6) is 0 Å². The Bertz CT molecular complexity index is 983. The first-order chi connectivity index (χ1) is 14.1. The van der Waals surface area contributed by atoms with E-state index in [1.807, 2.05) is 55.5 Å². The molecule has 1 fully saturated rings. The van der Waals surface area contributed by atoms with Crippen molar-refractivity contribution in [1.29, 1.82) is 0 Å². The molecule has 1 aliphatic heterocycles. The van der Waals surface area contributed by atoms with Gasteiger partial charge in [0, 0.05) is 13.1 Å². The number of hydrogen-bond acceptors (Lipinski definition) is 5. The standard InChI is InChI=1S/C21H22N6O2/c1-15-2-4-17(5-3-15)13-26-11-10-19(21(26)29)23-20(28)12-16-6-8-18(9-7-16)27-14-22-24-25-27/h2-9,14,19H,10-13H2,1H3,(H,23,28). The number of aryl methyl sites for hydroxylation is 1. The Morgan fingerprint density at radius 1 is 1.10 bits per heavy atom. The summed E-state index contributed by atoms with van der Waals surface area (Å²) in [6.07, 6.45) is 2.36. The Morgan fingerprint density at radius 2 is 1.83 bits per heavy atom. The first-order valence-corrected chi connectivity index (χ1v) is 9.54. The molecule has 0 spiro atoms. The number of tetrazole rings is 1. The summed E-state index contributed by atoms with van der Waals surface area (Å²) in [6.45, 7) is 3.26. The maximum Gasteiger partial charge on any atom is 0.245 e. The van der Waals surface area contributed by atoms with Crippen LogP contribution in [0.2, 0.25) is 0 Å². The van der Waals surface area contributed by atoms with Crippen LogP contribution in [-0.4, -0.2) is 49.5 Å². The lowest BCUT2D eigenvalue weighted by Crippen LogP contribution is -2.41. The molecule has 8 heteroatoms. The van der Waals surface area contributed by atoms with Crippen LogP contribution in [0.3, 0.4) is 0 Å². The highest BCUT2D eigenvalue weighted by Gasteiger charge is 2.32. The van der Waals surface area contributed by atoms with Gasteiger partial charge in [-0.3, -0.25) is 9.59 Å². The van der Waals surface area contributed by atoms with E-state index < -0.39 is 6.04 Å². The molecule has 1 unspecified atom stereocenters. The number of carbonyl (C=O) groups excluding carboxylic acids is 2. The fourth-order valence-electron chi connectivity index (χ4n) is 3.42. The number of rotatable bonds is 6. The lowest BCUT2D eigenvalue weighted by Gasteiger charge is -2.17. The number of nitrogens with zero attached hydrogens (tertiary/aromatic N) is 5. The molecule has 0 radical (unpaired) electrons. The third-order valence-corrected chi connectivity index (χ3v) is 5.04. The summed E-state index contributed by atoms with van der Waals surface area (Å²) in [6, 6.07) is 15.1. The number of nitrogens with one attached hydrogen (secondary N) is 1. The van der Waals surface area contributed by atoms with Gasteiger partial charge in [0.25, 0.3) is 0 Å². The molecule has 1 N–H and O–H groups in total. The minimum absolute atomic E-state index is 0.0204. The average molecular weight is 390 g/mol. The zero-order chi connectivity index (χ0) is 20.2. The Kier molecular flexibility index (Phi) is 5.33. The molecule has 148 valence electrons. The minimum atomic E-state index is -0.451. The number of hydrogen-bond donors (Lipinski definition) is 1. The predicted molar refractivity (Wildman–Crippen MR) is 106 cm³/mol. The van der Waals surface area contributed by atoms with Gasteiger partial charge in [0.2, 0.25) is 11.8 Å². The molecule has 8 nitrogen and oxygen atoms in total. The zero-order valence-electron chi connectivity index (χ0n) is 16.2. The Labute approximate surface area is 168 Å². The van der Waals surface area contributed by atoms with E-state index in [1.165, 1.54) is 11.9 Å². The lowest BCUT2D eigenvalue weighted by molar-refractivity contribution is -0.132. The van der Waals surface area contributed by atoms with Crippen LogP contribution in [0, 0.1) is 6.92 Å². The van der Waals surface area contributed by atoms with Crippen LogP contribution in [-0.2, 0) is 22.6 Å². The highest BCUT2D eigenvalue weighted by atomic mass is 16.2. The van der Waals surface area contributed by atoms with Crippen LogP contribution in [0.1, 0.15) is 23.1 Å². The van der Waals surface area contributed by atoms with Gasteiger partial charge in [-0.2, -0.15) is 0 Å². The van der Waals surface area contributed by atoms with Gasteiger partial charge in [-0.25, -0.2) is 4.68 Å². The minimum Gasteiger partial charge on any atom is -0.344 e. The molecular formula is C21H22N6O2. The van der Waals surface area contributed by atoms with E-state index >= 15 is 0 Å². The maximum absolute atomic E-state index is 12.6. The molecule has 2 aromatic carbocycles. The van der Waals surface area contributed by atoms with Gasteiger partial charge < -0.3 is 10.2 Å². The topological polar surface area (TPSA) is 93.0 Å². The fourth-order valence-corrected chi connectivity index (χ4v) is 3.42. The second-order valence-corrected chi connectivity index (χ2v) is 7.25. The van der Waals surface area contributed by atoms with Gasteiger partial charge in [0.15, 0.2) is 0 Å². The zero-order valence-corrected chi connectivity index (χ0v) is 16.2. The summed E-state index contributed by atoms with van der Waals surface area (Å²) >= 11 is 0. The Morgan fingerprint density at radius 3 is 2.52 bits per heavy atom. The molecule has 29 heavy (non-hydrogen) atoms. The monoisotopic (exact) mass is 390 g/mol. The molecule has 4 rings (SSSR count). The molecule has 0 aliphatic carbocycles.